The number of fused-ring (bicyclic) bond motifs is 6. The summed E-state index contributed by atoms with van der Waals surface area (Å²) in [6.45, 7) is 0. The topological polar surface area (TPSA) is 52.5 Å². The highest BCUT2D eigenvalue weighted by Gasteiger charge is 2.22. The molecule has 9 rings (SSSR count). The molecule has 0 spiro atoms. The van der Waals surface area contributed by atoms with Crippen molar-refractivity contribution in [2.75, 3.05) is 0 Å². The molecule has 0 aliphatic heterocycles. The van der Waals surface area contributed by atoms with Gasteiger partial charge in [-0.25, -0.2) is 0 Å². The van der Waals surface area contributed by atoms with Crippen LogP contribution in [0, 0.1) is 22.7 Å². The minimum atomic E-state index is 0.455. The van der Waals surface area contributed by atoms with Crippen LogP contribution < -0.4 is 0 Å². The van der Waals surface area contributed by atoms with Crippen LogP contribution in [0.3, 0.4) is 0 Å². The van der Waals surface area contributed by atoms with E-state index in [4.69, 9.17) is 0 Å². The van der Waals surface area contributed by atoms with Crippen molar-refractivity contribution in [2.45, 2.75) is 0 Å². The minimum absolute atomic E-state index is 0.455. The van der Waals surface area contributed by atoms with Crippen LogP contribution in [-0.4, -0.2) is 4.57 Å². The van der Waals surface area contributed by atoms with Crippen molar-refractivity contribution in [1.29, 1.82) is 10.5 Å². The van der Waals surface area contributed by atoms with Gasteiger partial charge in [-0.2, -0.15) is 10.5 Å². The summed E-state index contributed by atoms with van der Waals surface area (Å²) in [5, 5.41) is 30.4. The minimum Gasteiger partial charge on any atom is -0.307 e. The van der Waals surface area contributed by atoms with Gasteiger partial charge in [-0.3, -0.25) is 0 Å². The molecule has 0 saturated carbocycles. The number of nitrogens with zero attached hydrogens (tertiary/aromatic N) is 3. The molecule has 3 heteroatoms. The van der Waals surface area contributed by atoms with Gasteiger partial charge in [0.25, 0.3) is 0 Å². The Morgan fingerprint density at radius 2 is 0.830 bits per heavy atom. The molecule has 216 valence electrons. The van der Waals surface area contributed by atoms with E-state index in [0.29, 0.717) is 16.8 Å². The standard InChI is InChI=1S/C44H25N3/c45-26-30-24-29(25-31(27-46)44(30)47-40-22-9-7-15-33(40)34-16-8-10-23-41(34)47)42-36-17-3-5-19-38(36)43(39-20-6-4-18-37(39)42)35-21-11-13-28-12-1-2-14-32(28)35/h1-25H. The number of hydrogen-bond acceptors (Lipinski definition) is 2. The molecule has 0 amide bonds. The first-order valence-corrected chi connectivity index (χ1v) is 15.7. The highest BCUT2D eigenvalue weighted by molar-refractivity contribution is 6.23. The molecule has 0 saturated heterocycles. The van der Waals surface area contributed by atoms with Crippen molar-refractivity contribution in [3.8, 4) is 40.1 Å². The third kappa shape index (κ3) is 3.91. The molecule has 0 radical (unpaired) electrons. The van der Waals surface area contributed by atoms with Crippen LogP contribution in [0.5, 0.6) is 0 Å². The van der Waals surface area contributed by atoms with Crippen LogP contribution >= 0.6 is 0 Å². The zero-order valence-corrected chi connectivity index (χ0v) is 25.3. The van der Waals surface area contributed by atoms with Crippen LogP contribution in [0.4, 0.5) is 0 Å². The van der Waals surface area contributed by atoms with E-state index >= 15 is 0 Å². The number of nitriles is 2. The molecule has 8 aromatic carbocycles. The van der Waals surface area contributed by atoms with Crippen LogP contribution in [0.1, 0.15) is 11.1 Å². The monoisotopic (exact) mass is 595 g/mol. The van der Waals surface area contributed by atoms with Gasteiger partial charge >= 0.3 is 0 Å². The molecule has 47 heavy (non-hydrogen) atoms. The van der Waals surface area contributed by atoms with Gasteiger partial charge < -0.3 is 4.57 Å². The summed E-state index contributed by atoms with van der Waals surface area (Å²) in [7, 11) is 0. The highest BCUT2D eigenvalue weighted by Crippen LogP contribution is 2.46. The number of benzene rings is 8. The Balaban J connectivity index is 1.39. The molecule has 0 fully saturated rings. The average Bonchev–Trinajstić information content (AvgIpc) is 3.47. The van der Waals surface area contributed by atoms with Gasteiger partial charge in [-0.1, -0.05) is 127 Å². The fourth-order valence-electron chi connectivity index (χ4n) is 7.53. The Labute approximate surface area is 271 Å². The van der Waals surface area contributed by atoms with Crippen molar-refractivity contribution < 1.29 is 0 Å². The Hall–Kier alpha value is -6.68. The molecular formula is C44H25N3. The molecule has 3 nitrogen and oxygen atoms in total. The number of rotatable bonds is 3. The van der Waals surface area contributed by atoms with E-state index < -0.39 is 0 Å². The summed E-state index contributed by atoms with van der Waals surface area (Å²) < 4.78 is 2.07. The maximum Gasteiger partial charge on any atom is 0.101 e. The van der Waals surface area contributed by atoms with Crippen molar-refractivity contribution >= 4 is 54.1 Å². The van der Waals surface area contributed by atoms with E-state index in [-0.39, 0.29) is 0 Å². The van der Waals surface area contributed by atoms with Gasteiger partial charge in [0.2, 0.25) is 0 Å². The Bertz CT molecular complexity index is 2670. The van der Waals surface area contributed by atoms with E-state index in [1.165, 1.54) is 21.9 Å². The van der Waals surface area contributed by atoms with Gasteiger partial charge in [0.05, 0.1) is 27.8 Å². The molecule has 1 aromatic heterocycles. The zero-order valence-electron chi connectivity index (χ0n) is 25.3. The van der Waals surface area contributed by atoms with Gasteiger partial charge in [0.15, 0.2) is 0 Å². The van der Waals surface area contributed by atoms with Crippen molar-refractivity contribution in [1.82, 2.24) is 4.57 Å². The second kappa shape index (κ2) is 10.5. The van der Waals surface area contributed by atoms with Crippen LogP contribution in [0.15, 0.2) is 152 Å². The first kappa shape index (κ1) is 26.7. The quantitative estimate of drug-likeness (QED) is 0.191. The first-order chi connectivity index (χ1) is 23.3. The van der Waals surface area contributed by atoms with E-state index in [2.05, 4.69) is 132 Å². The van der Waals surface area contributed by atoms with E-state index in [1.807, 2.05) is 36.4 Å². The second-order valence-electron chi connectivity index (χ2n) is 11.9. The average molecular weight is 596 g/mol. The second-order valence-corrected chi connectivity index (χ2v) is 11.9. The smallest absolute Gasteiger partial charge is 0.101 e. The summed E-state index contributed by atoms with van der Waals surface area (Å²) in [4.78, 5) is 0. The predicted octanol–water partition coefficient (Wildman–Crippen LogP) is 11.3. The van der Waals surface area contributed by atoms with E-state index in [1.54, 1.807) is 0 Å². The zero-order chi connectivity index (χ0) is 31.5. The molecule has 0 unspecified atom stereocenters. The Morgan fingerprint density at radius 1 is 0.404 bits per heavy atom. The molecule has 0 aliphatic carbocycles. The summed E-state index contributed by atoms with van der Waals surface area (Å²) >= 11 is 0. The lowest BCUT2D eigenvalue weighted by Gasteiger charge is -2.20. The normalized spacial score (nSPS) is 11.4. The Kier molecular flexibility index (Phi) is 5.94. The van der Waals surface area contributed by atoms with Crippen LogP contribution in [0.2, 0.25) is 0 Å². The molecule has 1 heterocycles. The maximum absolute atomic E-state index is 10.7. The summed E-state index contributed by atoms with van der Waals surface area (Å²) in [5.41, 5.74) is 7.67. The summed E-state index contributed by atoms with van der Waals surface area (Å²) in [6.07, 6.45) is 0. The summed E-state index contributed by atoms with van der Waals surface area (Å²) in [5.74, 6) is 0. The first-order valence-electron chi connectivity index (χ1n) is 15.7. The fraction of sp³-hybridized carbons (Fsp3) is 0. The third-order valence-corrected chi connectivity index (χ3v) is 9.43. The molecule has 0 atom stereocenters. The molecule has 0 aliphatic rings. The predicted molar refractivity (Wildman–Crippen MR) is 194 cm³/mol. The number of para-hydroxylation sites is 2. The van der Waals surface area contributed by atoms with Crippen molar-refractivity contribution in [2.24, 2.45) is 0 Å². The lowest BCUT2D eigenvalue weighted by molar-refractivity contribution is 1.16. The van der Waals surface area contributed by atoms with Gasteiger partial charge in [-0.05, 0) is 78.8 Å². The molecule has 0 bridgehead atoms. The Morgan fingerprint density at radius 3 is 1.36 bits per heavy atom. The van der Waals surface area contributed by atoms with Crippen LogP contribution in [-0.2, 0) is 0 Å². The fourth-order valence-corrected chi connectivity index (χ4v) is 7.53. The molecule has 0 N–H and O–H groups in total. The maximum atomic E-state index is 10.7. The number of aromatic nitrogens is 1. The lowest BCUT2D eigenvalue weighted by Crippen LogP contribution is -2.02. The summed E-state index contributed by atoms with van der Waals surface area (Å²) in [6, 6.07) is 57.2. The molecule has 9 aromatic rings. The van der Waals surface area contributed by atoms with Gasteiger partial charge in [-0.15, -0.1) is 0 Å². The van der Waals surface area contributed by atoms with Gasteiger partial charge in [0.1, 0.15) is 12.1 Å². The largest absolute Gasteiger partial charge is 0.307 e. The molecular weight excluding hydrogens is 571 g/mol. The number of hydrogen-bond donors (Lipinski definition) is 0. The van der Waals surface area contributed by atoms with Gasteiger partial charge in [0, 0.05) is 10.8 Å². The van der Waals surface area contributed by atoms with Crippen molar-refractivity contribution in [3.05, 3.63) is 163 Å². The van der Waals surface area contributed by atoms with Crippen molar-refractivity contribution in [3.63, 3.8) is 0 Å². The lowest BCUT2D eigenvalue weighted by atomic mass is 9.84. The van der Waals surface area contributed by atoms with E-state index in [9.17, 15) is 10.5 Å². The van der Waals surface area contributed by atoms with Crippen LogP contribution in [0.25, 0.3) is 82.1 Å². The highest BCUT2D eigenvalue weighted by atomic mass is 15.0. The SMILES string of the molecule is N#Cc1cc(-c2c3ccccc3c(-c3cccc4ccccc34)c3ccccc23)cc(C#N)c1-n1c2ccccc2c2ccccc21. The van der Waals surface area contributed by atoms with E-state index in [0.717, 1.165) is 54.5 Å². The third-order valence-electron chi connectivity index (χ3n) is 9.43.